The number of benzene rings is 1. The van der Waals surface area contributed by atoms with Crippen molar-refractivity contribution in [3.63, 3.8) is 0 Å². The number of hydrazine groups is 1. The first-order valence-electron chi connectivity index (χ1n) is 5.94. The molecule has 0 atom stereocenters. The van der Waals surface area contributed by atoms with Gasteiger partial charge in [-0.05, 0) is 28.1 Å². The summed E-state index contributed by atoms with van der Waals surface area (Å²) in [6.45, 7) is -0.0177. The number of carbonyl (C=O) groups excluding carboxylic acids is 1. The van der Waals surface area contributed by atoms with Gasteiger partial charge < -0.3 is 14.9 Å². The number of carbonyl (C=O) groups is 1. The number of pyridine rings is 1. The molecule has 0 unspecified atom stereocenters. The van der Waals surface area contributed by atoms with Gasteiger partial charge in [0, 0.05) is 11.1 Å². The Balaban J connectivity index is 2.21. The van der Waals surface area contributed by atoms with Crippen LogP contribution in [0.25, 0.3) is 0 Å². The molecular weight excluding hydrogens is 276 g/mol. The van der Waals surface area contributed by atoms with Crippen molar-refractivity contribution in [2.24, 2.45) is 5.84 Å². The highest BCUT2D eigenvalue weighted by Crippen LogP contribution is 2.24. The monoisotopic (exact) mass is 288 g/mol. The van der Waals surface area contributed by atoms with Gasteiger partial charge in [0.2, 0.25) is 5.75 Å². The van der Waals surface area contributed by atoms with Crippen LogP contribution in [0.3, 0.4) is 0 Å². The molecule has 2 rings (SSSR count). The molecule has 0 fully saturated rings. The van der Waals surface area contributed by atoms with Crippen molar-refractivity contribution in [1.29, 1.82) is 0 Å². The van der Waals surface area contributed by atoms with Crippen molar-refractivity contribution in [3.05, 3.63) is 63.8 Å². The van der Waals surface area contributed by atoms with Crippen molar-refractivity contribution in [3.8, 4) is 5.75 Å². The van der Waals surface area contributed by atoms with Gasteiger partial charge in [-0.2, -0.15) is 0 Å². The second kappa shape index (κ2) is 6.44. The van der Waals surface area contributed by atoms with Gasteiger partial charge in [-0.15, -0.1) is 0 Å². The van der Waals surface area contributed by atoms with Gasteiger partial charge in [0.15, 0.2) is 0 Å². The van der Waals surface area contributed by atoms with Crippen molar-refractivity contribution in [2.75, 3.05) is 0 Å². The van der Waals surface area contributed by atoms with E-state index in [-0.39, 0.29) is 18.2 Å². The van der Waals surface area contributed by atoms with E-state index in [0.717, 1.165) is 0 Å². The lowest BCUT2D eigenvalue weighted by molar-refractivity contribution is -0.390. The Labute approximate surface area is 119 Å². The highest BCUT2D eigenvalue weighted by atomic mass is 16.6. The van der Waals surface area contributed by atoms with Crippen LogP contribution >= 0.6 is 0 Å². The number of ether oxygens (including phenoxy) is 1. The summed E-state index contributed by atoms with van der Waals surface area (Å²) < 4.78 is 5.39. The minimum absolute atomic E-state index is 0.0177. The van der Waals surface area contributed by atoms with Crippen molar-refractivity contribution in [2.45, 2.75) is 6.61 Å². The second-order valence-corrected chi connectivity index (χ2v) is 4.00. The molecule has 2 aromatic rings. The van der Waals surface area contributed by atoms with E-state index in [1.54, 1.807) is 24.3 Å². The van der Waals surface area contributed by atoms with Crippen LogP contribution in [0.4, 0.5) is 5.82 Å². The second-order valence-electron chi connectivity index (χ2n) is 4.00. The van der Waals surface area contributed by atoms with Gasteiger partial charge >= 0.3 is 5.82 Å². The van der Waals surface area contributed by atoms with Crippen LogP contribution in [-0.2, 0) is 6.61 Å². The fraction of sp³-hybridized carbons (Fsp3) is 0.0769. The minimum Gasteiger partial charge on any atom is -0.481 e. The number of nitrogens with zero attached hydrogens (tertiary/aromatic N) is 2. The van der Waals surface area contributed by atoms with E-state index in [1.165, 1.54) is 18.3 Å². The predicted molar refractivity (Wildman–Crippen MR) is 73.3 cm³/mol. The minimum atomic E-state index is -0.631. The summed E-state index contributed by atoms with van der Waals surface area (Å²) in [5.41, 5.74) is 2.93. The van der Waals surface area contributed by atoms with Gasteiger partial charge in [0.05, 0.1) is 0 Å². The molecule has 21 heavy (non-hydrogen) atoms. The molecule has 1 aromatic heterocycles. The van der Waals surface area contributed by atoms with Gasteiger partial charge in [-0.1, -0.05) is 18.2 Å². The van der Waals surface area contributed by atoms with Crippen LogP contribution in [0, 0.1) is 10.1 Å². The van der Waals surface area contributed by atoms with E-state index < -0.39 is 10.8 Å². The van der Waals surface area contributed by atoms with Crippen LogP contribution in [0.5, 0.6) is 5.75 Å². The van der Waals surface area contributed by atoms with Crippen LogP contribution < -0.4 is 16.0 Å². The third-order valence-corrected chi connectivity index (χ3v) is 2.70. The molecule has 1 aromatic carbocycles. The first-order valence-corrected chi connectivity index (χ1v) is 5.94. The molecule has 0 radical (unpaired) electrons. The molecule has 8 nitrogen and oxygen atoms in total. The van der Waals surface area contributed by atoms with Gasteiger partial charge in [-0.25, -0.2) is 5.84 Å². The Hall–Kier alpha value is -3.00. The van der Waals surface area contributed by atoms with Gasteiger partial charge in [-0.3, -0.25) is 10.2 Å². The molecule has 8 heteroatoms. The Morgan fingerprint density at radius 2 is 2.10 bits per heavy atom. The summed E-state index contributed by atoms with van der Waals surface area (Å²) in [7, 11) is 0. The Kier molecular flexibility index (Phi) is 4.42. The standard InChI is InChI=1S/C13H12N4O4/c14-16-13(18)10-5-2-1-4-9(10)8-21-11-6-3-7-15-12(11)17(19)20/h1-7H,8,14H2,(H,16,18). The summed E-state index contributed by atoms with van der Waals surface area (Å²) >= 11 is 0. The number of aromatic nitrogens is 1. The molecular formula is C13H12N4O4. The molecule has 0 aliphatic carbocycles. The zero-order valence-corrected chi connectivity index (χ0v) is 10.9. The van der Waals surface area contributed by atoms with Crippen molar-refractivity contribution >= 4 is 11.7 Å². The largest absolute Gasteiger partial charge is 0.481 e. The third-order valence-electron chi connectivity index (χ3n) is 2.70. The van der Waals surface area contributed by atoms with Gasteiger partial charge in [0.1, 0.15) is 12.8 Å². The van der Waals surface area contributed by atoms with E-state index >= 15 is 0 Å². The van der Waals surface area contributed by atoms with Crippen molar-refractivity contribution < 1.29 is 14.5 Å². The van der Waals surface area contributed by atoms with Crippen molar-refractivity contribution in [1.82, 2.24) is 10.4 Å². The molecule has 108 valence electrons. The maximum absolute atomic E-state index is 11.6. The smallest absolute Gasteiger partial charge is 0.406 e. The number of hydrogen-bond donors (Lipinski definition) is 2. The molecule has 1 heterocycles. The first kappa shape index (κ1) is 14.4. The quantitative estimate of drug-likeness (QED) is 0.369. The zero-order valence-electron chi connectivity index (χ0n) is 10.9. The van der Waals surface area contributed by atoms with E-state index in [0.29, 0.717) is 11.1 Å². The molecule has 0 spiro atoms. The third kappa shape index (κ3) is 3.31. The van der Waals surface area contributed by atoms with Crippen LogP contribution in [0.2, 0.25) is 0 Å². The highest BCUT2D eigenvalue weighted by Gasteiger charge is 2.17. The molecule has 0 bridgehead atoms. The summed E-state index contributed by atoms with van der Waals surface area (Å²) in [5.74, 6) is 4.30. The lowest BCUT2D eigenvalue weighted by atomic mass is 10.1. The van der Waals surface area contributed by atoms with E-state index in [4.69, 9.17) is 10.6 Å². The summed E-state index contributed by atoms with van der Waals surface area (Å²) in [5, 5.41) is 10.8. The lowest BCUT2D eigenvalue weighted by Gasteiger charge is -2.09. The molecule has 0 saturated heterocycles. The Morgan fingerprint density at radius 3 is 2.81 bits per heavy atom. The number of amides is 1. The molecule has 0 aliphatic heterocycles. The predicted octanol–water partition coefficient (Wildman–Crippen LogP) is 1.17. The van der Waals surface area contributed by atoms with E-state index in [1.807, 2.05) is 5.43 Å². The number of nitrogen functional groups attached to an aromatic ring is 1. The number of rotatable bonds is 5. The normalized spacial score (nSPS) is 9.95. The topological polar surface area (TPSA) is 120 Å². The van der Waals surface area contributed by atoms with Crippen LogP contribution in [-0.4, -0.2) is 15.8 Å². The lowest BCUT2D eigenvalue weighted by Crippen LogP contribution is -2.30. The molecule has 1 amide bonds. The van der Waals surface area contributed by atoms with Gasteiger partial charge in [0.25, 0.3) is 5.91 Å². The average Bonchev–Trinajstić information content (AvgIpc) is 2.52. The zero-order chi connectivity index (χ0) is 15.2. The first-order chi connectivity index (χ1) is 10.1. The fourth-order valence-corrected chi connectivity index (χ4v) is 1.73. The fourth-order valence-electron chi connectivity index (χ4n) is 1.73. The maximum Gasteiger partial charge on any atom is 0.406 e. The van der Waals surface area contributed by atoms with E-state index in [2.05, 4.69) is 4.98 Å². The average molecular weight is 288 g/mol. The Morgan fingerprint density at radius 1 is 1.33 bits per heavy atom. The van der Waals surface area contributed by atoms with E-state index in [9.17, 15) is 14.9 Å². The molecule has 0 aliphatic rings. The number of nitro groups is 1. The summed E-state index contributed by atoms with van der Waals surface area (Å²) in [4.78, 5) is 25.5. The summed E-state index contributed by atoms with van der Waals surface area (Å²) in [6, 6.07) is 9.63. The van der Waals surface area contributed by atoms with Crippen LogP contribution in [0.15, 0.2) is 42.6 Å². The highest BCUT2D eigenvalue weighted by molar-refractivity contribution is 5.95. The number of hydrogen-bond acceptors (Lipinski definition) is 6. The number of nitrogens with one attached hydrogen (secondary N) is 1. The summed E-state index contributed by atoms with van der Waals surface area (Å²) in [6.07, 6.45) is 1.31. The molecule has 3 N–H and O–H groups in total. The van der Waals surface area contributed by atoms with Crippen LogP contribution in [0.1, 0.15) is 15.9 Å². The molecule has 0 saturated carbocycles. The maximum atomic E-state index is 11.6. The Bertz CT molecular complexity index is 675. The number of nitrogens with two attached hydrogens (primary N) is 1. The SMILES string of the molecule is NNC(=O)c1ccccc1COc1cccnc1[N+](=O)[O-].